The van der Waals surface area contributed by atoms with E-state index < -0.39 is 0 Å². The van der Waals surface area contributed by atoms with Crippen LogP contribution < -0.4 is 4.74 Å². The molecule has 0 aliphatic carbocycles. The number of para-hydroxylation sites is 1. The number of carbonyl (C=O) groups is 2. The summed E-state index contributed by atoms with van der Waals surface area (Å²) in [6, 6.07) is 7.18. The van der Waals surface area contributed by atoms with E-state index in [2.05, 4.69) is 0 Å². The van der Waals surface area contributed by atoms with Gasteiger partial charge in [-0.15, -0.1) is 0 Å². The van der Waals surface area contributed by atoms with Gasteiger partial charge in [0, 0.05) is 19.0 Å². The third-order valence-corrected chi connectivity index (χ3v) is 3.27. The van der Waals surface area contributed by atoms with Crippen molar-refractivity contribution >= 4 is 12.2 Å². The van der Waals surface area contributed by atoms with Gasteiger partial charge in [-0.3, -0.25) is 4.79 Å². The first-order chi connectivity index (χ1) is 8.76. The summed E-state index contributed by atoms with van der Waals surface area (Å²) >= 11 is 0. The van der Waals surface area contributed by atoms with Crippen molar-refractivity contribution in [1.29, 1.82) is 0 Å². The van der Waals surface area contributed by atoms with Crippen molar-refractivity contribution in [1.82, 2.24) is 4.90 Å². The number of piperidine rings is 1. The number of ether oxygens (including phenoxy) is 1. The molecular weight excluding hydrogens is 230 g/mol. The first kappa shape index (κ1) is 12.6. The molecule has 0 N–H and O–H groups in total. The van der Waals surface area contributed by atoms with E-state index in [1.807, 2.05) is 12.1 Å². The molecule has 1 saturated heterocycles. The molecule has 0 saturated carbocycles. The van der Waals surface area contributed by atoms with E-state index in [1.54, 1.807) is 24.1 Å². The Labute approximate surface area is 107 Å². The number of rotatable bonds is 3. The summed E-state index contributed by atoms with van der Waals surface area (Å²) in [6.07, 6.45) is 2.70. The maximum absolute atomic E-state index is 12.4. The van der Waals surface area contributed by atoms with E-state index >= 15 is 0 Å². The summed E-state index contributed by atoms with van der Waals surface area (Å²) in [5.41, 5.74) is 0.562. The molecule has 96 valence electrons. The topological polar surface area (TPSA) is 46.6 Å². The molecule has 2 rings (SSSR count). The van der Waals surface area contributed by atoms with E-state index in [4.69, 9.17) is 4.74 Å². The number of nitrogens with zero attached hydrogens (tertiary/aromatic N) is 1. The number of benzene rings is 1. The number of hydrogen-bond donors (Lipinski definition) is 0. The van der Waals surface area contributed by atoms with Crippen LogP contribution in [0.2, 0.25) is 0 Å². The lowest BCUT2D eigenvalue weighted by Gasteiger charge is -2.30. The Kier molecular flexibility index (Phi) is 3.97. The number of aldehydes is 1. The zero-order valence-corrected chi connectivity index (χ0v) is 10.5. The second-order valence-electron chi connectivity index (χ2n) is 4.49. The van der Waals surface area contributed by atoms with Crippen LogP contribution >= 0.6 is 0 Å². The SMILES string of the molecule is COc1ccccc1C(=O)N1CCCC(C=O)C1. The molecule has 0 radical (unpaired) electrons. The Morgan fingerprint density at radius 3 is 2.94 bits per heavy atom. The molecule has 4 heteroatoms. The second kappa shape index (κ2) is 5.67. The molecule has 0 bridgehead atoms. The van der Waals surface area contributed by atoms with E-state index in [0.717, 1.165) is 19.1 Å². The van der Waals surface area contributed by atoms with Gasteiger partial charge in [0.1, 0.15) is 12.0 Å². The number of hydrogen-bond acceptors (Lipinski definition) is 3. The van der Waals surface area contributed by atoms with Crippen molar-refractivity contribution < 1.29 is 14.3 Å². The quantitative estimate of drug-likeness (QED) is 0.764. The molecule has 1 atom stereocenters. The third kappa shape index (κ3) is 2.53. The number of methoxy groups -OCH3 is 1. The molecule has 1 aromatic rings. The van der Waals surface area contributed by atoms with Crippen LogP contribution in [-0.4, -0.2) is 37.3 Å². The highest BCUT2D eigenvalue weighted by Crippen LogP contribution is 2.22. The summed E-state index contributed by atoms with van der Waals surface area (Å²) in [5, 5.41) is 0. The van der Waals surface area contributed by atoms with Gasteiger partial charge < -0.3 is 14.4 Å². The van der Waals surface area contributed by atoms with Gasteiger partial charge in [-0.1, -0.05) is 12.1 Å². The van der Waals surface area contributed by atoms with E-state index in [1.165, 1.54) is 0 Å². The molecule has 0 spiro atoms. The highest BCUT2D eigenvalue weighted by atomic mass is 16.5. The number of likely N-dealkylation sites (tertiary alicyclic amines) is 1. The fourth-order valence-corrected chi connectivity index (χ4v) is 2.30. The van der Waals surface area contributed by atoms with Gasteiger partial charge in [0.2, 0.25) is 0 Å². The average molecular weight is 247 g/mol. The first-order valence-electron chi connectivity index (χ1n) is 6.14. The van der Waals surface area contributed by atoms with Crippen LogP contribution in [0.5, 0.6) is 5.75 Å². The maximum Gasteiger partial charge on any atom is 0.257 e. The van der Waals surface area contributed by atoms with Crippen LogP contribution in [0, 0.1) is 5.92 Å². The molecule has 1 fully saturated rings. The Balaban J connectivity index is 2.17. The van der Waals surface area contributed by atoms with Gasteiger partial charge in [-0.05, 0) is 25.0 Å². The minimum Gasteiger partial charge on any atom is -0.496 e. The van der Waals surface area contributed by atoms with E-state index in [9.17, 15) is 9.59 Å². The molecule has 0 aromatic heterocycles. The largest absolute Gasteiger partial charge is 0.496 e. The Morgan fingerprint density at radius 1 is 1.44 bits per heavy atom. The van der Waals surface area contributed by atoms with Crippen molar-refractivity contribution in [3.63, 3.8) is 0 Å². The van der Waals surface area contributed by atoms with Gasteiger partial charge in [0.15, 0.2) is 0 Å². The molecule has 1 heterocycles. The lowest BCUT2D eigenvalue weighted by molar-refractivity contribution is -0.112. The molecule has 1 aromatic carbocycles. The Hall–Kier alpha value is -1.84. The summed E-state index contributed by atoms with van der Waals surface area (Å²) in [6.45, 7) is 1.22. The smallest absolute Gasteiger partial charge is 0.257 e. The van der Waals surface area contributed by atoms with Gasteiger partial charge >= 0.3 is 0 Å². The lowest BCUT2D eigenvalue weighted by atomic mass is 9.99. The molecule has 1 unspecified atom stereocenters. The third-order valence-electron chi connectivity index (χ3n) is 3.27. The Morgan fingerprint density at radius 2 is 2.22 bits per heavy atom. The van der Waals surface area contributed by atoms with Gasteiger partial charge in [-0.2, -0.15) is 0 Å². The molecular formula is C14H17NO3. The molecule has 1 amide bonds. The summed E-state index contributed by atoms with van der Waals surface area (Å²) < 4.78 is 5.19. The summed E-state index contributed by atoms with van der Waals surface area (Å²) in [7, 11) is 1.55. The van der Waals surface area contributed by atoms with Gasteiger partial charge in [0.05, 0.1) is 12.7 Å². The average Bonchev–Trinajstić information content (AvgIpc) is 2.46. The summed E-state index contributed by atoms with van der Waals surface area (Å²) in [5.74, 6) is 0.493. The van der Waals surface area contributed by atoms with E-state index in [-0.39, 0.29) is 11.8 Å². The number of amides is 1. The predicted octanol–water partition coefficient (Wildman–Crippen LogP) is 1.75. The lowest BCUT2D eigenvalue weighted by Crippen LogP contribution is -2.40. The van der Waals surface area contributed by atoms with Gasteiger partial charge in [-0.25, -0.2) is 0 Å². The maximum atomic E-state index is 12.4. The highest BCUT2D eigenvalue weighted by molar-refractivity contribution is 5.97. The Bertz CT molecular complexity index is 444. The van der Waals surface area contributed by atoms with Crippen LogP contribution in [0.4, 0.5) is 0 Å². The number of carbonyl (C=O) groups excluding carboxylic acids is 2. The van der Waals surface area contributed by atoms with Crippen LogP contribution in [0.25, 0.3) is 0 Å². The van der Waals surface area contributed by atoms with Gasteiger partial charge in [0.25, 0.3) is 5.91 Å². The van der Waals surface area contributed by atoms with Crippen LogP contribution in [-0.2, 0) is 4.79 Å². The minimum absolute atomic E-state index is 0.0302. The fourth-order valence-electron chi connectivity index (χ4n) is 2.30. The van der Waals surface area contributed by atoms with Crippen LogP contribution in [0.1, 0.15) is 23.2 Å². The standard InChI is InChI=1S/C14H17NO3/c1-18-13-7-3-2-6-12(13)14(17)15-8-4-5-11(9-15)10-16/h2-3,6-7,10-11H,4-5,8-9H2,1H3. The molecule has 1 aliphatic heterocycles. The summed E-state index contributed by atoms with van der Waals surface area (Å²) in [4.78, 5) is 24.9. The van der Waals surface area contributed by atoms with Crippen molar-refractivity contribution in [2.75, 3.05) is 20.2 Å². The normalized spacial score (nSPS) is 19.4. The zero-order chi connectivity index (χ0) is 13.0. The molecule has 1 aliphatic rings. The molecule has 4 nitrogen and oxygen atoms in total. The van der Waals surface area contributed by atoms with Crippen LogP contribution in [0.3, 0.4) is 0 Å². The highest BCUT2D eigenvalue weighted by Gasteiger charge is 2.25. The molecule has 18 heavy (non-hydrogen) atoms. The van der Waals surface area contributed by atoms with Crippen molar-refractivity contribution in [3.8, 4) is 5.75 Å². The van der Waals surface area contributed by atoms with Crippen LogP contribution in [0.15, 0.2) is 24.3 Å². The monoisotopic (exact) mass is 247 g/mol. The first-order valence-corrected chi connectivity index (χ1v) is 6.14. The van der Waals surface area contributed by atoms with Crippen molar-refractivity contribution in [2.24, 2.45) is 5.92 Å². The van der Waals surface area contributed by atoms with E-state index in [0.29, 0.717) is 24.4 Å². The van der Waals surface area contributed by atoms with Crippen molar-refractivity contribution in [2.45, 2.75) is 12.8 Å². The fraction of sp³-hybridized carbons (Fsp3) is 0.429. The van der Waals surface area contributed by atoms with Crippen molar-refractivity contribution in [3.05, 3.63) is 29.8 Å². The predicted molar refractivity (Wildman–Crippen MR) is 67.7 cm³/mol. The second-order valence-corrected chi connectivity index (χ2v) is 4.49. The zero-order valence-electron chi connectivity index (χ0n) is 10.5. The minimum atomic E-state index is -0.0565.